The Balaban J connectivity index is 1.91. The van der Waals surface area contributed by atoms with Crippen molar-refractivity contribution in [1.82, 2.24) is 15.3 Å². The number of anilines is 1. The maximum atomic E-state index is 6.06. The van der Waals surface area contributed by atoms with Crippen molar-refractivity contribution in [2.75, 3.05) is 31.1 Å². The first kappa shape index (κ1) is 13.6. The third-order valence-corrected chi connectivity index (χ3v) is 4.00. The third-order valence-electron chi connectivity index (χ3n) is 3.26. The summed E-state index contributed by atoms with van der Waals surface area (Å²) in [7, 11) is 0. The molecular formula is C14H14Cl2N4. The van der Waals surface area contributed by atoms with E-state index in [4.69, 9.17) is 23.2 Å². The van der Waals surface area contributed by atoms with Gasteiger partial charge < -0.3 is 10.2 Å². The summed E-state index contributed by atoms with van der Waals surface area (Å²) >= 11 is 12.0. The second-order valence-electron chi connectivity index (χ2n) is 4.61. The van der Waals surface area contributed by atoms with Gasteiger partial charge in [-0.1, -0.05) is 29.3 Å². The Bertz CT molecular complexity index is 612. The molecule has 0 atom stereocenters. The van der Waals surface area contributed by atoms with E-state index in [-0.39, 0.29) is 0 Å². The lowest BCUT2D eigenvalue weighted by molar-refractivity contribution is 0.580. The highest BCUT2D eigenvalue weighted by Gasteiger charge is 2.13. The summed E-state index contributed by atoms with van der Waals surface area (Å²) in [6.45, 7) is 3.76. The normalized spacial score (nSPS) is 15.4. The minimum Gasteiger partial charge on any atom is -0.338 e. The number of nitrogens with zero attached hydrogens (tertiary/aromatic N) is 3. The third kappa shape index (κ3) is 2.87. The number of benzene rings is 1. The van der Waals surface area contributed by atoms with E-state index in [2.05, 4.69) is 20.2 Å². The summed E-state index contributed by atoms with van der Waals surface area (Å²) in [4.78, 5) is 11.2. The molecule has 0 saturated carbocycles. The lowest BCUT2D eigenvalue weighted by Crippen LogP contribution is -2.44. The van der Waals surface area contributed by atoms with E-state index in [9.17, 15) is 0 Å². The van der Waals surface area contributed by atoms with Gasteiger partial charge in [0.2, 0.25) is 5.95 Å². The Labute approximate surface area is 127 Å². The first-order valence-electron chi connectivity index (χ1n) is 6.48. The molecule has 104 valence electrons. The van der Waals surface area contributed by atoms with Crippen molar-refractivity contribution in [3.05, 3.63) is 40.5 Å². The van der Waals surface area contributed by atoms with Crippen LogP contribution in [-0.2, 0) is 0 Å². The highest BCUT2D eigenvalue weighted by Crippen LogP contribution is 2.28. The summed E-state index contributed by atoms with van der Waals surface area (Å²) in [5.74, 6) is 0.759. The van der Waals surface area contributed by atoms with E-state index in [1.165, 1.54) is 0 Å². The number of rotatable bonds is 2. The molecule has 1 fully saturated rings. The van der Waals surface area contributed by atoms with Gasteiger partial charge in [0, 0.05) is 37.9 Å². The maximum absolute atomic E-state index is 6.06. The number of hydrogen-bond acceptors (Lipinski definition) is 4. The van der Waals surface area contributed by atoms with E-state index in [0.29, 0.717) is 10.0 Å². The number of piperazine rings is 1. The molecule has 4 nitrogen and oxygen atoms in total. The second kappa shape index (κ2) is 5.95. The van der Waals surface area contributed by atoms with Crippen molar-refractivity contribution in [2.45, 2.75) is 0 Å². The van der Waals surface area contributed by atoms with E-state index >= 15 is 0 Å². The lowest BCUT2D eigenvalue weighted by Gasteiger charge is -2.27. The van der Waals surface area contributed by atoms with Crippen molar-refractivity contribution in [2.24, 2.45) is 0 Å². The molecule has 6 heteroatoms. The Hall–Kier alpha value is -1.36. The van der Waals surface area contributed by atoms with Gasteiger partial charge in [-0.3, -0.25) is 0 Å². The van der Waals surface area contributed by atoms with Crippen molar-refractivity contribution in [1.29, 1.82) is 0 Å². The molecule has 0 unspecified atom stereocenters. The van der Waals surface area contributed by atoms with Crippen LogP contribution < -0.4 is 10.2 Å². The van der Waals surface area contributed by atoms with Crippen LogP contribution in [0.3, 0.4) is 0 Å². The monoisotopic (exact) mass is 308 g/mol. The van der Waals surface area contributed by atoms with Gasteiger partial charge in [-0.25, -0.2) is 9.97 Å². The molecule has 2 heterocycles. The molecule has 1 aliphatic rings. The molecule has 0 radical (unpaired) electrons. The van der Waals surface area contributed by atoms with Crippen LogP contribution in [0.5, 0.6) is 0 Å². The number of aromatic nitrogens is 2. The average Bonchev–Trinajstić information content (AvgIpc) is 2.51. The van der Waals surface area contributed by atoms with Gasteiger partial charge in [-0.2, -0.15) is 0 Å². The zero-order valence-electron chi connectivity index (χ0n) is 10.8. The van der Waals surface area contributed by atoms with Crippen LogP contribution in [-0.4, -0.2) is 36.1 Å². The minimum atomic E-state index is 0.534. The first-order valence-corrected chi connectivity index (χ1v) is 7.24. The fourth-order valence-electron chi connectivity index (χ4n) is 2.18. The summed E-state index contributed by atoms with van der Waals surface area (Å²) in [5, 5.41) is 4.40. The molecule has 0 aliphatic carbocycles. The SMILES string of the molecule is Clc1ccc(-c2ccnc(N3CCNCC3)n2)cc1Cl. The second-order valence-corrected chi connectivity index (χ2v) is 5.42. The molecule has 2 aromatic rings. The van der Waals surface area contributed by atoms with Crippen molar-refractivity contribution in [3.8, 4) is 11.3 Å². The van der Waals surface area contributed by atoms with Crippen LogP contribution in [0, 0.1) is 0 Å². The van der Waals surface area contributed by atoms with E-state index in [1.807, 2.05) is 18.2 Å². The average molecular weight is 309 g/mol. The van der Waals surface area contributed by atoms with Crippen LogP contribution >= 0.6 is 23.2 Å². The fraction of sp³-hybridized carbons (Fsp3) is 0.286. The van der Waals surface area contributed by atoms with Gasteiger partial charge in [-0.15, -0.1) is 0 Å². The largest absolute Gasteiger partial charge is 0.338 e. The van der Waals surface area contributed by atoms with Gasteiger partial charge in [0.25, 0.3) is 0 Å². The topological polar surface area (TPSA) is 41.1 Å². The predicted molar refractivity (Wildman–Crippen MR) is 82.6 cm³/mol. The fourth-order valence-corrected chi connectivity index (χ4v) is 2.48. The zero-order chi connectivity index (χ0) is 13.9. The highest BCUT2D eigenvalue weighted by molar-refractivity contribution is 6.42. The van der Waals surface area contributed by atoms with Crippen LogP contribution in [0.1, 0.15) is 0 Å². The predicted octanol–water partition coefficient (Wildman–Crippen LogP) is 2.86. The van der Waals surface area contributed by atoms with Crippen LogP contribution in [0.2, 0.25) is 10.0 Å². The first-order chi connectivity index (χ1) is 9.74. The number of halogens is 2. The molecule has 3 rings (SSSR count). The molecule has 1 aliphatic heterocycles. The van der Waals surface area contributed by atoms with Crippen LogP contribution in [0.4, 0.5) is 5.95 Å². The molecule has 1 aromatic heterocycles. The molecule has 1 aromatic carbocycles. The molecular weight excluding hydrogens is 295 g/mol. The van der Waals surface area contributed by atoms with Crippen molar-refractivity contribution in [3.63, 3.8) is 0 Å². The zero-order valence-corrected chi connectivity index (χ0v) is 12.3. The molecule has 1 N–H and O–H groups in total. The van der Waals surface area contributed by atoms with Gasteiger partial charge >= 0.3 is 0 Å². The molecule has 0 spiro atoms. The van der Waals surface area contributed by atoms with Gasteiger partial charge in [0.1, 0.15) is 0 Å². The van der Waals surface area contributed by atoms with E-state index in [0.717, 1.165) is 43.4 Å². The summed E-state index contributed by atoms with van der Waals surface area (Å²) < 4.78 is 0. The Morgan fingerprint density at radius 1 is 1.05 bits per heavy atom. The quantitative estimate of drug-likeness (QED) is 0.926. The smallest absolute Gasteiger partial charge is 0.225 e. The number of nitrogens with one attached hydrogen (secondary N) is 1. The van der Waals surface area contributed by atoms with Crippen LogP contribution in [0.15, 0.2) is 30.5 Å². The molecule has 0 bridgehead atoms. The lowest BCUT2D eigenvalue weighted by atomic mass is 10.1. The Kier molecular flexibility index (Phi) is 4.05. The molecule has 1 saturated heterocycles. The highest BCUT2D eigenvalue weighted by atomic mass is 35.5. The van der Waals surface area contributed by atoms with Crippen molar-refractivity contribution < 1.29 is 0 Å². The standard InChI is InChI=1S/C14H14Cl2N4/c15-11-2-1-10(9-12(11)16)13-3-4-18-14(19-13)20-7-5-17-6-8-20/h1-4,9,17H,5-8H2. The van der Waals surface area contributed by atoms with Crippen molar-refractivity contribution >= 4 is 29.2 Å². The van der Waals surface area contributed by atoms with Crippen LogP contribution in [0.25, 0.3) is 11.3 Å². The maximum Gasteiger partial charge on any atom is 0.225 e. The summed E-state index contributed by atoms with van der Waals surface area (Å²) in [5.41, 5.74) is 1.80. The van der Waals surface area contributed by atoms with E-state index in [1.54, 1.807) is 12.3 Å². The summed E-state index contributed by atoms with van der Waals surface area (Å²) in [6, 6.07) is 7.41. The molecule has 0 amide bonds. The van der Waals surface area contributed by atoms with Gasteiger partial charge in [-0.05, 0) is 18.2 Å². The summed E-state index contributed by atoms with van der Waals surface area (Å²) in [6.07, 6.45) is 1.78. The van der Waals surface area contributed by atoms with E-state index < -0.39 is 0 Å². The van der Waals surface area contributed by atoms with Gasteiger partial charge in [0.15, 0.2) is 0 Å². The minimum absolute atomic E-state index is 0.534. The Morgan fingerprint density at radius 3 is 2.60 bits per heavy atom. The van der Waals surface area contributed by atoms with Gasteiger partial charge in [0.05, 0.1) is 15.7 Å². The Morgan fingerprint density at radius 2 is 1.85 bits per heavy atom. The number of hydrogen-bond donors (Lipinski definition) is 1. The molecule has 20 heavy (non-hydrogen) atoms.